The van der Waals surface area contributed by atoms with E-state index in [4.69, 9.17) is 4.74 Å². The van der Waals surface area contributed by atoms with E-state index >= 15 is 0 Å². The van der Waals surface area contributed by atoms with Crippen LogP contribution >= 0.6 is 0 Å². The van der Waals surface area contributed by atoms with E-state index in [0.717, 1.165) is 0 Å². The standard InChI is InChI=1S/C9H16FNO2/c1-9(2,3)13-8(12)7-4-6(10)5-11-7/h6-7,11H,4-5H2,1-3H3/t6-,7+/m1/s1. The van der Waals surface area contributed by atoms with Crippen molar-refractivity contribution in [2.24, 2.45) is 0 Å². The fourth-order valence-electron chi connectivity index (χ4n) is 1.25. The zero-order valence-electron chi connectivity index (χ0n) is 8.26. The molecule has 0 radical (unpaired) electrons. The van der Waals surface area contributed by atoms with E-state index in [9.17, 15) is 9.18 Å². The highest BCUT2D eigenvalue weighted by molar-refractivity contribution is 5.76. The first-order valence-electron chi connectivity index (χ1n) is 4.49. The third kappa shape index (κ3) is 3.30. The summed E-state index contributed by atoms with van der Waals surface area (Å²) in [5.74, 6) is -0.354. The molecule has 3 nitrogen and oxygen atoms in total. The lowest BCUT2D eigenvalue weighted by Gasteiger charge is -2.21. The number of nitrogens with one attached hydrogen (secondary N) is 1. The van der Waals surface area contributed by atoms with Crippen LogP contribution in [0.15, 0.2) is 0 Å². The maximum atomic E-state index is 12.7. The molecule has 0 amide bonds. The quantitative estimate of drug-likeness (QED) is 0.626. The van der Waals surface area contributed by atoms with Crippen LogP contribution in [-0.2, 0) is 9.53 Å². The molecule has 1 aliphatic rings. The van der Waals surface area contributed by atoms with Gasteiger partial charge in [-0.25, -0.2) is 4.39 Å². The minimum absolute atomic E-state index is 0.231. The molecule has 4 heteroatoms. The fraction of sp³-hybridized carbons (Fsp3) is 0.889. The Bertz CT molecular complexity index is 200. The van der Waals surface area contributed by atoms with Crippen molar-refractivity contribution in [1.82, 2.24) is 5.32 Å². The van der Waals surface area contributed by atoms with Crippen molar-refractivity contribution in [3.8, 4) is 0 Å². The first kappa shape index (κ1) is 10.4. The molecule has 0 aromatic carbocycles. The number of carbonyl (C=O) groups excluding carboxylic acids is 1. The number of halogens is 1. The summed E-state index contributed by atoms with van der Waals surface area (Å²) in [5.41, 5.74) is -0.493. The summed E-state index contributed by atoms with van der Waals surface area (Å²) in [5, 5.41) is 2.78. The molecule has 1 fully saturated rings. The van der Waals surface area contributed by atoms with Crippen LogP contribution < -0.4 is 5.32 Å². The van der Waals surface area contributed by atoms with Crippen LogP contribution in [0, 0.1) is 0 Å². The van der Waals surface area contributed by atoms with E-state index in [1.54, 1.807) is 20.8 Å². The van der Waals surface area contributed by atoms with Gasteiger partial charge in [0.25, 0.3) is 0 Å². The van der Waals surface area contributed by atoms with Crippen LogP contribution in [0.2, 0.25) is 0 Å². The lowest BCUT2D eigenvalue weighted by Crippen LogP contribution is -2.37. The molecule has 0 saturated carbocycles. The fourth-order valence-corrected chi connectivity index (χ4v) is 1.25. The summed E-state index contributed by atoms with van der Waals surface area (Å²) in [6.07, 6.45) is -0.688. The van der Waals surface area contributed by atoms with Crippen LogP contribution in [0.1, 0.15) is 27.2 Å². The molecule has 1 heterocycles. The van der Waals surface area contributed by atoms with Gasteiger partial charge in [-0.1, -0.05) is 0 Å². The average molecular weight is 189 g/mol. The lowest BCUT2D eigenvalue weighted by atomic mass is 10.1. The number of alkyl halides is 1. The zero-order chi connectivity index (χ0) is 10.1. The van der Waals surface area contributed by atoms with E-state index in [1.807, 2.05) is 0 Å². The summed E-state index contributed by atoms with van der Waals surface area (Å²) < 4.78 is 17.8. The molecule has 0 bridgehead atoms. The molecule has 0 aromatic rings. The van der Waals surface area contributed by atoms with Crippen molar-refractivity contribution in [1.29, 1.82) is 0 Å². The minimum Gasteiger partial charge on any atom is -0.459 e. The van der Waals surface area contributed by atoms with Crippen LogP contribution in [-0.4, -0.2) is 30.3 Å². The van der Waals surface area contributed by atoms with E-state index in [0.29, 0.717) is 0 Å². The molecule has 0 spiro atoms. The van der Waals surface area contributed by atoms with Gasteiger partial charge >= 0.3 is 5.97 Å². The Hall–Kier alpha value is -0.640. The Labute approximate surface area is 77.6 Å². The molecule has 1 N–H and O–H groups in total. The highest BCUT2D eigenvalue weighted by atomic mass is 19.1. The Morgan fingerprint density at radius 3 is 2.54 bits per heavy atom. The Balaban J connectivity index is 2.41. The Kier molecular flexibility index (Phi) is 2.91. The summed E-state index contributed by atoms with van der Waals surface area (Å²) >= 11 is 0. The highest BCUT2D eigenvalue weighted by Gasteiger charge is 2.32. The molecule has 2 atom stereocenters. The monoisotopic (exact) mass is 189 g/mol. The number of hydrogen-bond donors (Lipinski definition) is 1. The number of rotatable bonds is 1. The molecule has 1 aliphatic heterocycles. The normalized spacial score (nSPS) is 28.9. The zero-order valence-corrected chi connectivity index (χ0v) is 8.26. The maximum absolute atomic E-state index is 12.7. The predicted octanol–water partition coefficient (Wildman–Crippen LogP) is 1.03. The van der Waals surface area contributed by atoms with Crippen molar-refractivity contribution < 1.29 is 13.9 Å². The highest BCUT2D eigenvalue weighted by Crippen LogP contribution is 2.15. The van der Waals surface area contributed by atoms with Crippen molar-refractivity contribution in [3.05, 3.63) is 0 Å². The lowest BCUT2D eigenvalue weighted by molar-refractivity contribution is -0.157. The van der Waals surface area contributed by atoms with Crippen LogP contribution in [0.25, 0.3) is 0 Å². The molecule has 1 saturated heterocycles. The van der Waals surface area contributed by atoms with Gasteiger partial charge < -0.3 is 10.1 Å². The molecule has 1 rings (SSSR count). The third-order valence-electron chi connectivity index (χ3n) is 1.77. The summed E-state index contributed by atoms with van der Waals surface area (Å²) in [6, 6.07) is -0.464. The van der Waals surface area contributed by atoms with E-state index < -0.39 is 17.8 Å². The van der Waals surface area contributed by atoms with Crippen molar-refractivity contribution in [2.75, 3.05) is 6.54 Å². The maximum Gasteiger partial charge on any atom is 0.323 e. The second-order valence-electron chi connectivity index (χ2n) is 4.33. The summed E-state index contributed by atoms with van der Waals surface area (Å²) in [7, 11) is 0. The SMILES string of the molecule is CC(C)(C)OC(=O)[C@@H]1C[C@@H](F)CN1. The second kappa shape index (κ2) is 3.62. The van der Waals surface area contributed by atoms with Gasteiger partial charge in [0.15, 0.2) is 0 Å². The van der Waals surface area contributed by atoms with E-state index in [2.05, 4.69) is 5.32 Å². The number of ether oxygens (including phenoxy) is 1. The second-order valence-corrected chi connectivity index (χ2v) is 4.33. The summed E-state index contributed by atoms with van der Waals surface area (Å²) in [4.78, 5) is 11.4. The van der Waals surface area contributed by atoms with Gasteiger partial charge in [0, 0.05) is 13.0 Å². The van der Waals surface area contributed by atoms with Gasteiger partial charge in [-0.15, -0.1) is 0 Å². The average Bonchev–Trinajstić information content (AvgIpc) is 2.31. The molecular weight excluding hydrogens is 173 g/mol. The Morgan fingerprint density at radius 1 is 1.54 bits per heavy atom. The molecule has 0 aromatic heterocycles. The van der Waals surface area contributed by atoms with Gasteiger partial charge in [0.1, 0.15) is 17.8 Å². The molecule has 0 unspecified atom stereocenters. The minimum atomic E-state index is -0.919. The number of carbonyl (C=O) groups is 1. The largest absolute Gasteiger partial charge is 0.459 e. The van der Waals surface area contributed by atoms with Crippen LogP contribution in [0.4, 0.5) is 4.39 Å². The Morgan fingerprint density at radius 2 is 2.15 bits per heavy atom. The van der Waals surface area contributed by atoms with Crippen molar-refractivity contribution in [2.45, 2.75) is 45.0 Å². The molecule has 76 valence electrons. The van der Waals surface area contributed by atoms with Crippen LogP contribution in [0.5, 0.6) is 0 Å². The van der Waals surface area contributed by atoms with Gasteiger partial charge in [-0.3, -0.25) is 4.79 Å². The summed E-state index contributed by atoms with van der Waals surface area (Å²) in [6.45, 7) is 5.65. The van der Waals surface area contributed by atoms with Crippen molar-refractivity contribution in [3.63, 3.8) is 0 Å². The van der Waals surface area contributed by atoms with Gasteiger partial charge in [0.2, 0.25) is 0 Å². The van der Waals surface area contributed by atoms with E-state index in [-0.39, 0.29) is 18.9 Å². The smallest absolute Gasteiger partial charge is 0.323 e. The number of hydrogen-bond acceptors (Lipinski definition) is 3. The first-order chi connectivity index (χ1) is 5.88. The third-order valence-corrected chi connectivity index (χ3v) is 1.77. The first-order valence-corrected chi connectivity index (χ1v) is 4.49. The molecule has 13 heavy (non-hydrogen) atoms. The van der Waals surface area contributed by atoms with Gasteiger partial charge in [0.05, 0.1) is 0 Å². The number of esters is 1. The van der Waals surface area contributed by atoms with Gasteiger partial charge in [-0.05, 0) is 20.8 Å². The van der Waals surface area contributed by atoms with Gasteiger partial charge in [-0.2, -0.15) is 0 Å². The predicted molar refractivity (Wildman–Crippen MR) is 47.1 cm³/mol. The molecule has 0 aliphatic carbocycles. The van der Waals surface area contributed by atoms with Crippen LogP contribution in [0.3, 0.4) is 0 Å². The van der Waals surface area contributed by atoms with E-state index in [1.165, 1.54) is 0 Å². The topological polar surface area (TPSA) is 38.3 Å². The molecular formula is C9H16FNO2. The van der Waals surface area contributed by atoms with Crippen molar-refractivity contribution >= 4 is 5.97 Å².